The standard InChI is InChI=1S/C8H12BrN3.ClH/c1-12-7(5-8(9)11-12)6-3-2-4-10-6;/h5-6,10H,2-4H2,1H3;1H. The first-order valence-corrected chi connectivity index (χ1v) is 4.99. The topological polar surface area (TPSA) is 29.9 Å². The van der Waals surface area contributed by atoms with Crippen LogP contribution in [0.25, 0.3) is 0 Å². The summed E-state index contributed by atoms with van der Waals surface area (Å²) >= 11 is 3.37. The lowest BCUT2D eigenvalue weighted by Crippen LogP contribution is -2.16. The Labute approximate surface area is 92.4 Å². The SMILES string of the molecule is Cl.Cn1nc(Br)cc1C1CCCN1. The van der Waals surface area contributed by atoms with Gasteiger partial charge in [-0.3, -0.25) is 4.68 Å². The van der Waals surface area contributed by atoms with Gasteiger partial charge >= 0.3 is 0 Å². The van der Waals surface area contributed by atoms with Crippen LogP contribution in [0.1, 0.15) is 24.6 Å². The van der Waals surface area contributed by atoms with E-state index in [1.165, 1.54) is 18.5 Å². The molecule has 0 spiro atoms. The predicted octanol–water partition coefficient (Wildman–Crippen LogP) is 2.03. The van der Waals surface area contributed by atoms with Crippen molar-refractivity contribution in [3.63, 3.8) is 0 Å². The molecule has 0 saturated carbocycles. The van der Waals surface area contributed by atoms with Crippen LogP contribution in [0.2, 0.25) is 0 Å². The minimum Gasteiger partial charge on any atom is -0.309 e. The van der Waals surface area contributed by atoms with E-state index in [2.05, 4.69) is 32.4 Å². The molecule has 1 fully saturated rings. The van der Waals surface area contributed by atoms with Crippen molar-refractivity contribution < 1.29 is 0 Å². The summed E-state index contributed by atoms with van der Waals surface area (Å²) in [5.41, 5.74) is 1.28. The van der Waals surface area contributed by atoms with Crippen molar-refractivity contribution in [1.29, 1.82) is 0 Å². The number of hydrogen-bond acceptors (Lipinski definition) is 2. The first-order valence-electron chi connectivity index (χ1n) is 4.20. The zero-order valence-electron chi connectivity index (χ0n) is 7.46. The molecule has 1 atom stereocenters. The highest BCUT2D eigenvalue weighted by Gasteiger charge is 2.19. The number of halogens is 2. The fourth-order valence-electron chi connectivity index (χ4n) is 1.71. The molecule has 1 N–H and O–H groups in total. The second-order valence-corrected chi connectivity index (χ2v) is 3.98. The number of rotatable bonds is 1. The van der Waals surface area contributed by atoms with E-state index in [0.717, 1.165) is 11.1 Å². The van der Waals surface area contributed by atoms with Crippen LogP contribution in [-0.4, -0.2) is 16.3 Å². The Morgan fingerprint density at radius 2 is 2.46 bits per heavy atom. The van der Waals surface area contributed by atoms with Gasteiger partial charge in [0.15, 0.2) is 0 Å². The largest absolute Gasteiger partial charge is 0.309 e. The second-order valence-electron chi connectivity index (χ2n) is 3.16. The fraction of sp³-hybridized carbons (Fsp3) is 0.625. The van der Waals surface area contributed by atoms with Crippen molar-refractivity contribution in [2.24, 2.45) is 7.05 Å². The molecule has 0 aliphatic carbocycles. The van der Waals surface area contributed by atoms with Gasteiger partial charge in [0, 0.05) is 13.1 Å². The maximum absolute atomic E-state index is 4.25. The molecule has 1 aliphatic heterocycles. The molecule has 2 rings (SSSR count). The maximum atomic E-state index is 4.25. The smallest absolute Gasteiger partial charge is 0.128 e. The first kappa shape index (κ1) is 11.0. The highest BCUT2D eigenvalue weighted by Crippen LogP contribution is 2.24. The maximum Gasteiger partial charge on any atom is 0.128 e. The third-order valence-corrected chi connectivity index (χ3v) is 2.69. The summed E-state index contributed by atoms with van der Waals surface area (Å²) in [5, 5.41) is 7.69. The van der Waals surface area contributed by atoms with Gasteiger partial charge in [0.1, 0.15) is 4.60 Å². The molecular weight excluding hydrogens is 253 g/mol. The van der Waals surface area contributed by atoms with Gasteiger partial charge in [0.2, 0.25) is 0 Å². The summed E-state index contributed by atoms with van der Waals surface area (Å²) < 4.78 is 2.86. The number of aromatic nitrogens is 2. The van der Waals surface area contributed by atoms with E-state index in [-0.39, 0.29) is 12.4 Å². The molecule has 13 heavy (non-hydrogen) atoms. The van der Waals surface area contributed by atoms with Crippen LogP contribution in [0.4, 0.5) is 0 Å². The van der Waals surface area contributed by atoms with Gasteiger partial charge in [-0.05, 0) is 41.4 Å². The van der Waals surface area contributed by atoms with Crippen molar-refractivity contribution >= 4 is 28.3 Å². The van der Waals surface area contributed by atoms with Crippen LogP contribution in [-0.2, 0) is 7.05 Å². The lowest BCUT2D eigenvalue weighted by Gasteiger charge is -2.09. The Hall–Kier alpha value is -0.0600. The molecule has 0 radical (unpaired) electrons. The molecule has 1 saturated heterocycles. The first-order chi connectivity index (χ1) is 5.77. The minimum atomic E-state index is 0. The van der Waals surface area contributed by atoms with Crippen LogP contribution in [0.5, 0.6) is 0 Å². The quantitative estimate of drug-likeness (QED) is 0.843. The van der Waals surface area contributed by atoms with E-state index >= 15 is 0 Å². The van der Waals surface area contributed by atoms with E-state index < -0.39 is 0 Å². The Kier molecular flexibility index (Phi) is 3.76. The van der Waals surface area contributed by atoms with Crippen molar-refractivity contribution in [3.8, 4) is 0 Å². The molecule has 0 amide bonds. The molecule has 1 aromatic heterocycles. The van der Waals surface area contributed by atoms with Crippen LogP contribution in [0.15, 0.2) is 10.7 Å². The normalized spacial score (nSPS) is 21.5. The number of aryl methyl sites for hydroxylation is 1. The third-order valence-electron chi connectivity index (χ3n) is 2.30. The summed E-state index contributed by atoms with van der Waals surface area (Å²) in [6.07, 6.45) is 2.50. The van der Waals surface area contributed by atoms with Gasteiger partial charge in [0.05, 0.1) is 5.69 Å². The number of hydrogen-bond donors (Lipinski definition) is 1. The lowest BCUT2D eigenvalue weighted by atomic mass is 10.2. The summed E-state index contributed by atoms with van der Waals surface area (Å²) in [5.74, 6) is 0. The highest BCUT2D eigenvalue weighted by atomic mass is 79.9. The van der Waals surface area contributed by atoms with Gasteiger partial charge in [-0.15, -0.1) is 12.4 Å². The summed E-state index contributed by atoms with van der Waals surface area (Å²) in [6, 6.07) is 2.59. The lowest BCUT2D eigenvalue weighted by molar-refractivity contribution is 0.573. The number of nitrogens with zero attached hydrogens (tertiary/aromatic N) is 2. The van der Waals surface area contributed by atoms with Gasteiger partial charge in [-0.2, -0.15) is 5.10 Å². The monoisotopic (exact) mass is 265 g/mol. The van der Waals surface area contributed by atoms with E-state index in [9.17, 15) is 0 Å². The Morgan fingerprint density at radius 1 is 1.69 bits per heavy atom. The van der Waals surface area contributed by atoms with Crippen LogP contribution >= 0.6 is 28.3 Å². The highest BCUT2D eigenvalue weighted by molar-refractivity contribution is 9.10. The average Bonchev–Trinajstić information content (AvgIpc) is 2.58. The van der Waals surface area contributed by atoms with Crippen LogP contribution in [0.3, 0.4) is 0 Å². The van der Waals surface area contributed by atoms with Crippen molar-refractivity contribution in [1.82, 2.24) is 15.1 Å². The van der Waals surface area contributed by atoms with E-state index in [4.69, 9.17) is 0 Å². The van der Waals surface area contributed by atoms with Gasteiger partial charge in [0.25, 0.3) is 0 Å². The Bertz CT molecular complexity index is 281. The molecule has 0 bridgehead atoms. The van der Waals surface area contributed by atoms with E-state index in [1.807, 2.05) is 11.7 Å². The van der Waals surface area contributed by atoms with Crippen molar-refractivity contribution in [3.05, 3.63) is 16.4 Å². The zero-order valence-corrected chi connectivity index (χ0v) is 9.86. The third kappa shape index (κ3) is 2.24. The molecule has 0 aromatic carbocycles. The summed E-state index contributed by atoms with van der Waals surface area (Å²) in [7, 11) is 1.99. The average molecular weight is 267 g/mol. The van der Waals surface area contributed by atoms with Crippen molar-refractivity contribution in [2.45, 2.75) is 18.9 Å². The molecule has 74 valence electrons. The molecule has 3 nitrogen and oxygen atoms in total. The predicted molar refractivity (Wildman–Crippen MR) is 58.1 cm³/mol. The summed E-state index contributed by atoms with van der Waals surface area (Å²) in [6.45, 7) is 1.13. The Morgan fingerprint density at radius 3 is 2.92 bits per heavy atom. The van der Waals surface area contributed by atoms with Crippen molar-refractivity contribution in [2.75, 3.05) is 6.54 Å². The molecule has 5 heteroatoms. The minimum absolute atomic E-state index is 0. The molecular formula is C8H13BrClN3. The van der Waals surface area contributed by atoms with Crippen LogP contribution in [0, 0.1) is 0 Å². The number of nitrogens with one attached hydrogen (secondary N) is 1. The van der Waals surface area contributed by atoms with Gasteiger partial charge < -0.3 is 5.32 Å². The fourth-order valence-corrected chi connectivity index (χ4v) is 2.18. The second kappa shape index (κ2) is 4.44. The zero-order chi connectivity index (χ0) is 8.55. The molecule has 1 aliphatic rings. The summed E-state index contributed by atoms with van der Waals surface area (Å²) in [4.78, 5) is 0. The molecule has 2 heterocycles. The molecule has 1 aromatic rings. The Balaban J connectivity index is 0.000000845. The van der Waals surface area contributed by atoms with Gasteiger partial charge in [-0.25, -0.2) is 0 Å². The molecule has 1 unspecified atom stereocenters. The van der Waals surface area contributed by atoms with Gasteiger partial charge in [-0.1, -0.05) is 0 Å². The van der Waals surface area contributed by atoms with Crippen LogP contribution < -0.4 is 5.32 Å². The van der Waals surface area contributed by atoms with E-state index in [1.54, 1.807) is 0 Å². The van der Waals surface area contributed by atoms with E-state index in [0.29, 0.717) is 6.04 Å².